The summed E-state index contributed by atoms with van der Waals surface area (Å²) in [6.45, 7) is 4.23. The maximum atomic E-state index is 13.8. The summed E-state index contributed by atoms with van der Waals surface area (Å²) in [6, 6.07) is 3.49. The molecule has 3 nitrogen and oxygen atoms in total. The summed E-state index contributed by atoms with van der Waals surface area (Å²) in [4.78, 5) is 11.0. The number of carboxylic acids is 1. The highest BCUT2D eigenvalue weighted by Gasteiger charge is 2.30. The van der Waals surface area contributed by atoms with E-state index in [9.17, 15) is 13.4 Å². The Balaban J connectivity index is 2.28. The summed E-state index contributed by atoms with van der Waals surface area (Å²) in [6.07, 6.45) is 2.70. The van der Waals surface area contributed by atoms with Gasteiger partial charge >= 0.3 is 5.97 Å². The van der Waals surface area contributed by atoms with Crippen LogP contribution in [0, 0.1) is 17.7 Å². The summed E-state index contributed by atoms with van der Waals surface area (Å²) in [5.41, 5.74) is -0.0216. The lowest BCUT2D eigenvalue weighted by atomic mass is 9.83. The van der Waals surface area contributed by atoms with Crippen molar-refractivity contribution in [3.63, 3.8) is 0 Å². The number of rotatable bonds is 3. The number of carboxylic acid groups (broad SMARTS) is 1. The second-order valence-corrected chi connectivity index (χ2v) is 7.49. The van der Waals surface area contributed by atoms with Crippen LogP contribution >= 0.6 is 0 Å². The molecule has 0 heterocycles. The second-order valence-electron chi connectivity index (χ2n) is 5.79. The minimum Gasteiger partial charge on any atom is -0.478 e. The molecular formula is C15H19FO3S. The fourth-order valence-corrected chi connectivity index (χ4v) is 4.89. The topological polar surface area (TPSA) is 54.4 Å². The Morgan fingerprint density at radius 2 is 1.85 bits per heavy atom. The van der Waals surface area contributed by atoms with Crippen LogP contribution in [0.1, 0.15) is 43.5 Å². The first-order chi connectivity index (χ1) is 9.38. The molecule has 3 atom stereocenters. The Morgan fingerprint density at radius 3 is 2.40 bits per heavy atom. The Labute approximate surface area is 120 Å². The van der Waals surface area contributed by atoms with Gasteiger partial charge in [0.05, 0.1) is 21.3 Å². The predicted molar refractivity (Wildman–Crippen MR) is 75.7 cm³/mol. The molecule has 1 aromatic rings. The van der Waals surface area contributed by atoms with E-state index in [1.54, 1.807) is 0 Å². The third kappa shape index (κ3) is 3.26. The van der Waals surface area contributed by atoms with Crippen molar-refractivity contribution < 1.29 is 18.5 Å². The number of carbonyl (C=O) groups is 1. The Hall–Kier alpha value is -1.23. The molecule has 1 N–H and O–H groups in total. The van der Waals surface area contributed by atoms with Crippen LogP contribution in [0.25, 0.3) is 0 Å². The first kappa shape index (κ1) is 15.2. The lowest BCUT2D eigenvalue weighted by molar-refractivity contribution is 0.0696. The summed E-state index contributed by atoms with van der Waals surface area (Å²) >= 11 is 0. The Bertz CT molecular complexity index is 534. The van der Waals surface area contributed by atoms with E-state index in [0.29, 0.717) is 11.8 Å². The van der Waals surface area contributed by atoms with Crippen molar-refractivity contribution >= 4 is 16.8 Å². The number of hydrogen-bond acceptors (Lipinski definition) is 2. The standard InChI is InChI=1S/C15H19FO3S/c1-9-5-10(2)7-12(6-9)20(19)14-8-11(15(17)18)3-4-13(14)16/h3-4,8-10,12H,5-7H2,1-2H3,(H,17,18). The van der Waals surface area contributed by atoms with Gasteiger partial charge in [-0.1, -0.05) is 13.8 Å². The molecule has 0 saturated heterocycles. The highest BCUT2D eigenvalue weighted by molar-refractivity contribution is 7.85. The van der Waals surface area contributed by atoms with Crippen LogP contribution in [0.5, 0.6) is 0 Å². The molecule has 0 aliphatic heterocycles. The predicted octanol–water partition coefficient (Wildman–Crippen LogP) is 3.46. The Morgan fingerprint density at radius 1 is 1.25 bits per heavy atom. The highest BCUT2D eigenvalue weighted by Crippen LogP contribution is 2.34. The zero-order valence-corrected chi connectivity index (χ0v) is 12.5. The molecule has 0 bridgehead atoms. The summed E-state index contributed by atoms with van der Waals surface area (Å²) < 4.78 is 26.4. The van der Waals surface area contributed by atoms with Crippen LogP contribution in [0.3, 0.4) is 0 Å². The van der Waals surface area contributed by atoms with Gasteiger partial charge in [0.25, 0.3) is 0 Å². The normalized spacial score (nSPS) is 28.1. The fraction of sp³-hybridized carbons (Fsp3) is 0.533. The van der Waals surface area contributed by atoms with E-state index in [4.69, 9.17) is 5.11 Å². The molecule has 1 aliphatic carbocycles. The molecule has 1 fully saturated rings. The van der Waals surface area contributed by atoms with Crippen molar-refractivity contribution in [2.24, 2.45) is 11.8 Å². The van der Waals surface area contributed by atoms with Crippen LogP contribution in [-0.2, 0) is 10.8 Å². The van der Waals surface area contributed by atoms with Crippen molar-refractivity contribution in [2.75, 3.05) is 0 Å². The smallest absolute Gasteiger partial charge is 0.335 e. The van der Waals surface area contributed by atoms with E-state index < -0.39 is 22.6 Å². The molecule has 2 rings (SSSR count). The van der Waals surface area contributed by atoms with E-state index in [0.717, 1.165) is 25.3 Å². The van der Waals surface area contributed by atoms with Crippen LogP contribution in [0.2, 0.25) is 0 Å². The molecule has 0 amide bonds. The van der Waals surface area contributed by atoms with Gasteiger partial charge < -0.3 is 5.11 Å². The molecule has 0 aromatic heterocycles. The molecule has 5 heteroatoms. The third-order valence-electron chi connectivity index (χ3n) is 3.83. The summed E-state index contributed by atoms with van der Waals surface area (Å²) in [5, 5.41) is 8.86. The average Bonchev–Trinajstić information content (AvgIpc) is 2.37. The lowest BCUT2D eigenvalue weighted by Gasteiger charge is -2.30. The molecule has 110 valence electrons. The largest absolute Gasteiger partial charge is 0.478 e. The zero-order chi connectivity index (χ0) is 14.9. The SMILES string of the molecule is CC1CC(C)CC(S(=O)c2cc(C(=O)O)ccc2F)C1. The molecule has 20 heavy (non-hydrogen) atoms. The van der Waals surface area contributed by atoms with Gasteiger partial charge in [0.2, 0.25) is 0 Å². The van der Waals surface area contributed by atoms with Crippen molar-refractivity contribution in [1.29, 1.82) is 0 Å². The maximum Gasteiger partial charge on any atom is 0.335 e. The quantitative estimate of drug-likeness (QED) is 0.929. The summed E-state index contributed by atoms with van der Waals surface area (Å²) in [7, 11) is -1.49. The number of halogens is 1. The van der Waals surface area contributed by atoms with Gasteiger partial charge in [0.15, 0.2) is 0 Å². The van der Waals surface area contributed by atoms with Crippen LogP contribution in [0.15, 0.2) is 23.1 Å². The fourth-order valence-electron chi connectivity index (χ4n) is 3.02. The minimum absolute atomic E-state index is 0.0216. The second kappa shape index (κ2) is 6.04. The monoisotopic (exact) mass is 298 g/mol. The first-order valence-electron chi connectivity index (χ1n) is 6.82. The van der Waals surface area contributed by atoms with E-state index in [-0.39, 0.29) is 15.7 Å². The van der Waals surface area contributed by atoms with E-state index >= 15 is 0 Å². The third-order valence-corrected chi connectivity index (χ3v) is 5.57. The van der Waals surface area contributed by atoms with Gasteiger partial charge in [-0.2, -0.15) is 0 Å². The van der Waals surface area contributed by atoms with Gasteiger partial charge in [0, 0.05) is 5.25 Å². The van der Waals surface area contributed by atoms with Gasteiger partial charge in [-0.05, 0) is 49.3 Å². The van der Waals surface area contributed by atoms with Crippen molar-refractivity contribution in [2.45, 2.75) is 43.3 Å². The van der Waals surface area contributed by atoms with E-state index in [1.807, 2.05) is 0 Å². The van der Waals surface area contributed by atoms with Crippen molar-refractivity contribution in [1.82, 2.24) is 0 Å². The highest BCUT2D eigenvalue weighted by atomic mass is 32.2. The van der Waals surface area contributed by atoms with Gasteiger partial charge in [-0.3, -0.25) is 4.21 Å². The molecule has 1 aromatic carbocycles. The number of hydrogen-bond donors (Lipinski definition) is 1. The number of aromatic carboxylic acids is 1. The maximum absolute atomic E-state index is 13.8. The molecule has 1 saturated carbocycles. The van der Waals surface area contributed by atoms with Gasteiger partial charge in [-0.15, -0.1) is 0 Å². The average molecular weight is 298 g/mol. The number of benzene rings is 1. The first-order valence-corrected chi connectivity index (χ1v) is 8.03. The zero-order valence-electron chi connectivity index (χ0n) is 11.6. The van der Waals surface area contributed by atoms with Gasteiger partial charge in [0.1, 0.15) is 5.82 Å². The van der Waals surface area contributed by atoms with Crippen molar-refractivity contribution in [3.8, 4) is 0 Å². The van der Waals surface area contributed by atoms with Crippen LogP contribution in [-0.4, -0.2) is 20.5 Å². The van der Waals surface area contributed by atoms with E-state index in [2.05, 4.69) is 13.8 Å². The van der Waals surface area contributed by atoms with Crippen LogP contribution in [0.4, 0.5) is 4.39 Å². The van der Waals surface area contributed by atoms with E-state index in [1.165, 1.54) is 12.1 Å². The molecule has 0 radical (unpaired) electrons. The van der Waals surface area contributed by atoms with Crippen molar-refractivity contribution in [3.05, 3.63) is 29.6 Å². The minimum atomic E-state index is -1.49. The molecule has 0 spiro atoms. The summed E-state index contributed by atoms with van der Waals surface area (Å²) in [5.74, 6) is -0.773. The Kier molecular flexibility index (Phi) is 4.58. The lowest BCUT2D eigenvalue weighted by Crippen LogP contribution is -2.28. The molecule has 1 aliphatic rings. The van der Waals surface area contributed by atoms with Crippen LogP contribution < -0.4 is 0 Å². The van der Waals surface area contributed by atoms with Gasteiger partial charge in [-0.25, -0.2) is 9.18 Å². The molecule has 3 unspecified atom stereocenters. The molecular weight excluding hydrogens is 279 g/mol.